The Balaban J connectivity index is 2.06. The minimum absolute atomic E-state index is 0.114. The summed E-state index contributed by atoms with van der Waals surface area (Å²) in [6.45, 7) is 6.34. The zero-order valence-electron chi connectivity index (χ0n) is 12.2. The SMILES string of the molecule is Cc1ncc(COc2c(F)cc(CNC(C)C)cc2F)s1. The number of aromatic nitrogens is 1. The van der Waals surface area contributed by atoms with Gasteiger partial charge in [-0.25, -0.2) is 13.8 Å². The highest BCUT2D eigenvalue weighted by molar-refractivity contribution is 7.11. The van der Waals surface area contributed by atoms with E-state index in [-0.39, 0.29) is 18.4 Å². The third kappa shape index (κ3) is 4.47. The molecule has 0 saturated carbocycles. The van der Waals surface area contributed by atoms with Crippen molar-refractivity contribution in [2.24, 2.45) is 0 Å². The fraction of sp³-hybridized carbons (Fsp3) is 0.400. The van der Waals surface area contributed by atoms with Crippen molar-refractivity contribution in [2.45, 2.75) is 40.0 Å². The zero-order valence-corrected chi connectivity index (χ0v) is 13.1. The van der Waals surface area contributed by atoms with Crippen molar-refractivity contribution in [1.82, 2.24) is 10.3 Å². The molecule has 1 aromatic carbocycles. The number of halogens is 2. The predicted molar refractivity (Wildman–Crippen MR) is 79.5 cm³/mol. The number of hydrogen-bond acceptors (Lipinski definition) is 4. The van der Waals surface area contributed by atoms with Gasteiger partial charge >= 0.3 is 0 Å². The molecule has 0 radical (unpaired) electrons. The summed E-state index contributed by atoms with van der Waals surface area (Å²) in [6, 6.07) is 2.85. The van der Waals surface area contributed by atoms with Crippen molar-refractivity contribution in [3.63, 3.8) is 0 Å². The van der Waals surface area contributed by atoms with Gasteiger partial charge in [-0.3, -0.25) is 0 Å². The van der Waals surface area contributed by atoms with Crippen LogP contribution in [0.15, 0.2) is 18.3 Å². The van der Waals surface area contributed by atoms with Gasteiger partial charge in [-0.05, 0) is 24.6 Å². The molecule has 2 aromatic rings. The van der Waals surface area contributed by atoms with Crippen LogP contribution in [0.25, 0.3) is 0 Å². The molecule has 2 rings (SSSR count). The molecule has 0 spiro atoms. The van der Waals surface area contributed by atoms with Gasteiger partial charge in [0.25, 0.3) is 0 Å². The topological polar surface area (TPSA) is 34.1 Å². The Hall–Kier alpha value is -1.53. The molecule has 3 nitrogen and oxygen atoms in total. The van der Waals surface area contributed by atoms with Crippen LogP contribution in [0.3, 0.4) is 0 Å². The first-order valence-corrected chi connectivity index (χ1v) is 7.52. The Kier molecular flexibility index (Phi) is 5.25. The second-order valence-corrected chi connectivity index (χ2v) is 6.38. The molecule has 1 aromatic heterocycles. The van der Waals surface area contributed by atoms with Crippen LogP contribution in [0, 0.1) is 18.6 Å². The van der Waals surface area contributed by atoms with Crippen molar-refractivity contribution < 1.29 is 13.5 Å². The number of hydrogen-bond donors (Lipinski definition) is 1. The second kappa shape index (κ2) is 6.95. The number of thiazole rings is 1. The average molecular weight is 312 g/mol. The number of aryl methyl sites for hydroxylation is 1. The van der Waals surface area contributed by atoms with E-state index in [1.807, 2.05) is 20.8 Å². The summed E-state index contributed by atoms with van der Waals surface area (Å²) in [5.41, 5.74) is 0.555. The van der Waals surface area contributed by atoms with Gasteiger partial charge in [-0.2, -0.15) is 0 Å². The van der Waals surface area contributed by atoms with E-state index in [4.69, 9.17) is 4.74 Å². The van der Waals surface area contributed by atoms with Crippen molar-refractivity contribution >= 4 is 11.3 Å². The molecule has 1 heterocycles. The van der Waals surface area contributed by atoms with E-state index in [1.54, 1.807) is 6.20 Å². The zero-order chi connectivity index (χ0) is 15.4. The lowest BCUT2D eigenvalue weighted by Crippen LogP contribution is -2.22. The first-order chi connectivity index (χ1) is 9.95. The van der Waals surface area contributed by atoms with E-state index in [0.717, 1.165) is 9.88 Å². The standard InChI is InChI=1S/C15H18F2N2OS/c1-9(2)18-6-11-4-13(16)15(14(17)5-11)20-8-12-7-19-10(3)21-12/h4-5,7,9,18H,6,8H2,1-3H3. The number of benzene rings is 1. The van der Waals surface area contributed by atoms with Gasteiger partial charge in [0.05, 0.1) is 9.88 Å². The molecule has 0 aliphatic rings. The van der Waals surface area contributed by atoms with E-state index >= 15 is 0 Å². The molecule has 114 valence electrons. The summed E-state index contributed by atoms with van der Waals surface area (Å²) < 4.78 is 33.1. The first kappa shape index (κ1) is 15.9. The Labute approximate surface area is 127 Å². The molecular weight excluding hydrogens is 294 g/mol. The molecule has 1 N–H and O–H groups in total. The highest BCUT2D eigenvalue weighted by Crippen LogP contribution is 2.25. The molecule has 21 heavy (non-hydrogen) atoms. The molecule has 0 unspecified atom stereocenters. The van der Waals surface area contributed by atoms with Crippen LogP contribution in [-0.2, 0) is 13.2 Å². The van der Waals surface area contributed by atoms with Gasteiger partial charge in [0, 0.05) is 18.8 Å². The Morgan fingerprint density at radius 1 is 1.29 bits per heavy atom. The lowest BCUT2D eigenvalue weighted by molar-refractivity contribution is 0.276. The maximum absolute atomic E-state index is 13.9. The van der Waals surface area contributed by atoms with Crippen molar-refractivity contribution in [3.05, 3.63) is 45.4 Å². The summed E-state index contributed by atoms with van der Waals surface area (Å²) >= 11 is 1.44. The van der Waals surface area contributed by atoms with Crippen LogP contribution in [0.4, 0.5) is 8.78 Å². The third-order valence-electron chi connectivity index (χ3n) is 2.80. The van der Waals surface area contributed by atoms with Crippen LogP contribution >= 0.6 is 11.3 Å². The molecule has 0 aliphatic carbocycles. The number of ether oxygens (including phenoxy) is 1. The van der Waals surface area contributed by atoms with E-state index in [0.29, 0.717) is 12.1 Å². The Bertz CT molecular complexity index is 590. The molecular formula is C15H18F2N2OS. The van der Waals surface area contributed by atoms with Gasteiger partial charge in [-0.1, -0.05) is 13.8 Å². The highest BCUT2D eigenvalue weighted by Gasteiger charge is 2.13. The summed E-state index contributed by atoms with van der Waals surface area (Å²) in [5.74, 6) is -1.71. The van der Waals surface area contributed by atoms with Crippen molar-refractivity contribution in [1.29, 1.82) is 0 Å². The maximum Gasteiger partial charge on any atom is 0.191 e. The maximum atomic E-state index is 13.9. The molecule has 6 heteroatoms. The summed E-state index contributed by atoms with van der Waals surface area (Å²) in [5, 5.41) is 4.01. The van der Waals surface area contributed by atoms with E-state index in [2.05, 4.69) is 10.3 Å². The van der Waals surface area contributed by atoms with E-state index in [1.165, 1.54) is 23.5 Å². The van der Waals surface area contributed by atoms with Gasteiger partial charge in [0.1, 0.15) is 6.61 Å². The highest BCUT2D eigenvalue weighted by atomic mass is 32.1. The lowest BCUT2D eigenvalue weighted by atomic mass is 10.2. The largest absolute Gasteiger partial charge is 0.482 e. The fourth-order valence-corrected chi connectivity index (χ4v) is 2.50. The monoisotopic (exact) mass is 312 g/mol. The molecule has 0 bridgehead atoms. The normalized spacial score (nSPS) is 11.1. The van der Waals surface area contributed by atoms with Gasteiger partial charge in [0.15, 0.2) is 17.4 Å². The summed E-state index contributed by atoms with van der Waals surface area (Å²) in [6.07, 6.45) is 1.65. The first-order valence-electron chi connectivity index (χ1n) is 6.71. The molecule has 0 aliphatic heterocycles. The van der Waals surface area contributed by atoms with Crippen LogP contribution in [0.5, 0.6) is 5.75 Å². The average Bonchev–Trinajstić information content (AvgIpc) is 2.81. The Morgan fingerprint density at radius 3 is 2.48 bits per heavy atom. The van der Waals surface area contributed by atoms with Gasteiger partial charge in [-0.15, -0.1) is 11.3 Å². The fourth-order valence-electron chi connectivity index (χ4n) is 1.79. The lowest BCUT2D eigenvalue weighted by Gasteiger charge is -2.11. The number of nitrogens with one attached hydrogen (secondary N) is 1. The van der Waals surface area contributed by atoms with Gasteiger partial charge < -0.3 is 10.1 Å². The number of rotatable bonds is 6. The Morgan fingerprint density at radius 2 is 1.95 bits per heavy atom. The summed E-state index contributed by atoms with van der Waals surface area (Å²) in [7, 11) is 0. The minimum Gasteiger partial charge on any atom is -0.482 e. The quantitative estimate of drug-likeness (QED) is 0.881. The summed E-state index contributed by atoms with van der Waals surface area (Å²) in [4.78, 5) is 4.90. The van der Waals surface area contributed by atoms with E-state index in [9.17, 15) is 8.78 Å². The second-order valence-electron chi connectivity index (χ2n) is 5.06. The molecule has 0 atom stereocenters. The van der Waals surface area contributed by atoms with Crippen LogP contribution in [0.2, 0.25) is 0 Å². The van der Waals surface area contributed by atoms with Crippen molar-refractivity contribution in [2.75, 3.05) is 0 Å². The smallest absolute Gasteiger partial charge is 0.191 e. The van der Waals surface area contributed by atoms with Crippen LogP contribution in [-0.4, -0.2) is 11.0 Å². The van der Waals surface area contributed by atoms with E-state index < -0.39 is 11.6 Å². The third-order valence-corrected chi connectivity index (χ3v) is 3.69. The molecule has 0 saturated heterocycles. The number of nitrogens with zero attached hydrogens (tertiary/aromatic N) is 1. The predicted octanol–water partition coefficient (Wildman–Crippen LogP) is 3.81. The van der Waals surface area contributed by atoms with Crippen molar-refractivity contribution in [3.8, 4) is 5.75 Å². The minimum atomic E-state index is -0.684. The molecule has 0 fully saturated rings. The van der Waals surface area contributed by atoms with Gasteiger partial charge in [0.2, 0.25) is 0 Å². The van der Waals surface area contributed by atoms with Crippen LogP contribution in [0.1, 0.15) is 29.3 Å². The molecule has 0 amide bonds. The van der Waals surface area contributed by atoms with Crippen LogP contribution < -0.4 is 10.1 Å².